The summed E-state index contributed by atoms with van der Waals surface area (Å²) in [6.45, 7) is 6.49. The van der Waals surface area contributed by atoms with Crippen molar-refractivity contribution in [2.45, 2.75) is 57.1 Å². The van der Waals surface area contributed by atoms with Crippen molar-refractivity contribution in [3.8, 4) is 11.3 Å². The first-order valence-electron chi connectivity index (χ1n) is 9.10. The molecule has 26 heavy (non-hydrogen) atoms. The second kappa shape index (κ2) is 6.12. The third-order valence-corrected chi connectivity index (χ3v) is 5.79. The SMILES string of the molecule is CC(C)(C)OC(=O)N1CCCC2(c3ncc(-c4ccc(Br)cc4)[nH]3)CC12. The topological polar surface area (TPSA) is 58.2 Å². The Hall–Kier alpha value is -1.82. The number of hydrogen-bond acceptors (Lipinski definition) is 3. The van der Waals surface area contributed by atoms with Crippen LogP contribution in [0.4, 0.5) is 4.79 Å². The molecular formula is C20H24BrN3O2. The average molecular weight is 418 g/mol. The van der Waals surface area contributed by atoms with Gasteiger partial charge in [-0.05, 0) is 57.7 Å². The number of ether oxygens (including phenoxy) is 1. The van der Waals surface area contributed by atoms with Crippen LogP contribution in [0.25, 0.3) is 11.3 Å². The molecule has 2 aromatic rings. The summed E-state index contributed by atoms with van der Waals surface area (Å²) in [6, 6.07) is 8.38. The van der Waals surface area contributed by atoms with Gasteiger partial charge >= 0.3 is 6.09 Å². The number of hydrogen-bond donors (Lipinski definition) is 1. The maximum atomic E-state index is 12.6. The van der Waals surface area contributed by atoms with Crippen LogP contribution in [0, 0.1) is 0 Å². The Balaban J connectivity index is 1.54. The molecule has 0 bridgehead atoms. The van der Waals surface area contributed by atoms with Crippen LogP contribution in [-0.2, 0) is 10.2 Å². The third kappa shape index (κ3) is 3.15. The maximum Gasteiger partial charge on any atom is 0.410 e. The van der Waals surface area contributed by atoms with Crippen molar-refractivity contribution in [1.29, 1.82) is 0 Å². The quantitative estimate of drug-likeness (QED) is 0.756. The number of halogens is 1. The van der Waals surface area contributed by atoms with E-state index < -0.39 is 5.60 Å². The molecule has 4 rings (SSSR count). The summed E-state index contributed by atoms with van der Waals surface area (Å²) >= 11 is 3.47. The Morgan fingerprint density at radius 3 is 2.77 bits per heavy atom. The summed E-state index contributed by atoms with van der Waals surface area (Å²) in [5.41, 5.74) is 1.62. The van der Waals surface area contributed by atoms with Gasteiger partial charge < -0.3 is 14.6 Å². The lowest BCUT2D eigenvalue weighted by Gasteiger charge is -2.33. The van der Waals surface area contributed by atoms with Crippen molar-refractivity contribution in [2.24, 2.45) is 0 Å². The Morgan fingerprint density at radius 2 is 2.08 bits per heavy atom. The minimum absolute atomic E-state index is 0.0389. The van der Waals surface area contributed by atoms with E-state index in [4.69, 9.17) is 4.74 Å². The normalized spacial score (nSPS) is 24.9. The number of carbonyl (C=O) groups excluding carboxylic acids is 1. The molecule has 138 valence electrons. The largest absolute Gasteiger partial charge is 0.444 e. The van der Waals surface area contributed by atoms with Gasteiger partial charge in [0.05, 0.1) is 17.3 Å². The fourth-order valence-electron chi connectivity index (χ4n) is 3.95. The molecule has 2 aliphatic rings. The van der Waals surface area contributed by atoms with Crippen molar-refractivity contribution < 1.29 is 9.53 Å². The van der Waals surface area contributed by atoms with E-state index in [1.807, 2.05) is 44.0 Å². The molecular weight excluding hydrogens is 394 g/mol. The lowest BCUT2D eigenvalue weighted by atomic mass is 9.95. The van der Waals surface area contributed by atoms with Crippen molar-refractivity contribution in [3.05, 3.63) is 40.8 Å². The predicted molar refractivity (Wildman–Crippen MR) is 104 cm³/mol. The first-order valence-corrected chi connectivity index (χ1v) is 9.89. The molecule has 6 heteroatoms. The van der Waals surface area contributed by atoms with Crippen LogP contribution in [0.1, 0.15) is 45.9 Å². The lowest BCUT2D eigenvalue weighted by molar-refractivity contribution is 0.0181. The molecule has 1 amide bonds. The van der Waals surface area contributed by atoms with Gasteiger partial charge in [-0.3, -0.25) is 0 Å². The van der Waals surface area contributed by atoms with Gasteiger partial charge in [-0.15, -0.1) is 0 Å². The minimum Gasteiger partial charge on any atom is -0.444 e. The van der Waals surface area contributed by atoms with Crippen molar-refractivity contribution in [3.63, 3.8) is 0 Å². The van der Waals surface area contributed by atoms with E-state index in [9.17, 15) is 4.79 Å². The summed E-state index contributed by atoms with van der Waals surface area (Å²) in [6.07, 6.45) is 4.69. The Kier molecular flexibility index (Phi) is 4.14. The standard InChI is InChI=1S/C20H24BrN3O2/c1-19(2,3)26-18(25)24-10-4-9-20(11-16(20)24)17-22-12-15(23-17)13-5-7-14(21)8-6-13/h5-8,12,16H,4,9-11H2,1-3H3,(H,22,23). The summed E-state index contributed by atoms with van der Waals surface area (Å²) in [5.74, 6) is 0.994. The second-order valence-electron chi connectivity index (χ2n) is 8.31. The van der Waals surface area contributed by atoms with Crippen molar-refractivity contribution in [1.82, 2.24) is 14.9 Å². The average Bonchev–Trinajstić information content (AvgIpc) is 3.12. The lowest BCUT2D eigenvalue weighted by Crippen LogP contribution is -2.44. The molecule has 1 saturated carbocycles. The molecule has 1 aromatic carbocycles. The highest BCUT2D eigenvalue weighted by molar-refractivity contribution is 9.10. The van der Waals surface area contributed by atoms with E-state index in [1.165, 1.54) is 0 Å². The van der Waals surface area contributed by atoms with Crippen molar-refractivity contribution in [2.75, 3.05) is 6.54 Å². The molecule has 2 unspecified atom stereocenters. The van der Waals surface area contributed by atoms with Crippen molar-refractivity contribution >= 4 is 22.0 Å². The van der Waals surface area contributed by atoms with Crippen LogP contribution in [0.15, 0.2) is 34.9 Å². The van der Waals surface area contributed by atoms with Crippen LogP contribution in [0.5, 0.6) is 0 Å². The zero-order valence-electron chi connectivity index (χ0n) is 15.4. The van der Waals surface area contributed by atoms with E-state index in [1.54, 1.807) is 0 Å². The van der Waals surface area contributed by atoms with Crippen LogP contribution in [-0.4, -0.2) is 39.1 Å². The van der Waals surface area contributed by atoms with E-state index in [0.29, 0.717) is 0 Å². The van der Waals surface area contributed by atoms with Crippen LogP contribution in [0.3, 0.4) is 0 Å². The number of aromatic amines is 1. The Labute approximate surface area is 162 Å². The fraction of sp³-hybridized carbons (Fsp3) is 0.500. The molecule has 0 spiro atoms. The van der Waals surface area contributed by atoms with Gasteiger partial charge in [0, 0.05) is 17.1 Å². The molecule has 2 heterocycles. The molecule has 1 saturated heterocycles. The zero-order valence-corrected chi connectivity index (χ0v) is 17.0. The number of imidazole rings is 1. The van der Waals surface area contributed by atoms with E-state index in [0.717, 1.165) is 47.4 Å². The van der Waals surface area contributed by atoms with Gasteiger partial charge in [0.1, 0.15) is 11.4 Å². The fourth-order valence-corrected chi connectivity index (χ4v) is 4.21. The number of likely N-dealkylation sites (tertiary alicyclic amines) is 1. The third-order valence-electron chi connectivity index (χ3n) is 5.26. The number of carbonyl (C=O) groups is 1. The van der Waals surface area contributed by atoms with Gasteiger partial charge in [-0.1, -0.05) is 28.1 Å². The predicted octanol–water partition coefficient (Wildman–Crippen LogP) is 4.88. The number of nitrogens with zero attached hydrogens (tertiary/aromatic N) is 2. The first-order chi connectivity index (χ1) is 12.3. The van der Waals surface area contributed by atoms with Gasteiger partial charge in [0.15, 0.2) is 0 Å². The molecule has 2 atom stereocenters. The van der Waals surface area contributed by atoms with Gasteiger partial charge in [-0.2, -0.15) is 0 Å². The number of aromatic nitrogens is 2. The summed E-state index contributed by atoms with van der Waals surface area (Å²) in [4.78, 5) is 22.6. The highest BCUT2D eigenvalue weighted by atomic mass is 79.9. The summed E-state index contributed by atoms with van der Waals surface area (Å²) in [7, 11) is 0. The number of rotatable bonds is 2. The van der Waals surface area contributed by atoms with Crippen LogP contribution >= 0.6 is 15.9 Å². The van der Waals surface area contributed by atoms with Gasteiger partial charge in [-0.25, -0.2) is 9.78 Å². The summed E-state index contributed by atoms with van der Waals surface area (Å²) in [5, 5.41) is 0. The molecule has 1 aliphatic carbocycles. The van der Waals surface area contributed by atoms with Crippen LogP contribution in [0.2, 0.25) is 0 Å². The molecule has 1 N–H and O–H groups in total. The zero-order chi connectivity index (χ0) is 18.5. The Morgan fingerprint density at radius 1 is 1.35 bits per heavy atom. The monoisotopic (exact) mass is 417 g/mol. The molecule has 1 aromatic heterocycles. The smallest absolute Gasteiger partial charge is 0.410 e. The number of H-pyrrole nitrogens is 1. The van der Waals surface area contributed by atoms with Gasteiger partial charge in [0.2, 0.25) is 0 Å². The number of amides is 1. The summed E-state index contributed by atoms with van der Waals surface area (Å²) < 4.78 is 6.65. The van der Waals surface area contributed by atoms with Gasteiger partial charge in [0.25, 0.3) is 0 Å². The number of benzene rings is 1. The van der Waals surface area contributed by atoms with E-state index >= 15 is 0 Å². The number of fused-ring (bicyclic) bond motifs is 1. The molecule has 5 nitrogen and oxygen atoms in total. The number of piperidine rings is 1. The molecule has 2 fully saturated rings. The maximum absolute atomic E-state index is 12.6. The first kappa shape index (κ1) is 17.6. The minimum atomic E-state index is -0.467. The van der Waals surface area contributed by atoms with Crippen LogP contribution < -0.4 is 0 Å². The second-order valence-corrected chi connectivity index (χ2v) is 9.22. The molecule has 0 radical (unpaired) electrons. The number of nitrogens with one attached hydrogen (secondary N) is 1. The van der Waals surface area contributed by atoms with E-state index in [2.05, 4.69) is 38.0 Å². The molecule has 1 aliphatic heterocycles. The highest BCUT2D eigenvalue weighted by Crippen LogP contribution is 2.56. The highest BCUT2D eigenvalue weighted by Gasteiger charge is 2.63. The van der Waals surface area contributed by atoms with E-state index in [-0.39, 0.29) is 17.6 Å². The Bertz CT molecular complexity index is 824.